The van der Waals surface area contributed by atoms with Gasteiger partial charge < -0.3 is 14.2 Å². The van der Waals surface area contributed by atoms with E-state index in [1.54, 1.807) is 24.3 Å². The molecule has 1 heterocycles. The van der Waals surface area contributed by atoms with Crippen molar-refractivity contribution >= 4 is 40.5 Å². The minimum atomic E-state index is -3.67. The zero-order valence-electron chi connectivity index (χ0n) is 13.6. The Morgan fingerprint density at radius 3 is 2.50 bits per heavy atom. The normalized spacial score (nSPS) is 27.6. The van der Waals surface area contributed by atoms with Crippen LogP contribution in [-0.2, 0) is 23.9 Å². The Kier molecular flexibility index (Phi) is 5.18. The third-order valence-corrected chi connectivity index (χ3v) is 5.11. The van der Waals surface area contributed by atoms with E-state index in [2.05, 4.69) is 22.6 Å². The van der Waals surface area contributed by atoms with Crippen molar-refractivity contribution in [1.82, 2.24) is 0 Å². The number of benzene rings is 1. The van der Waals surface area contributed by atoms with Crippen LogP contribution in [0, 0.1) is 15.4 Å². The van der Waals surface area contributed by atoms with Crippen LogP contribution < -0.4 is 4.74 Å². The first-order valence-corrected chi connectivity index (χ1v) is 8.99. The number of fused-ring (bicyclic) bond motifs is 2. The smallest absolute Gasteiger partial charge is 0.377 e. The third kappa shape index (κ3) is 3.97. The van der Waals surface area contributed by atoms with Gasteiger partial charge >= 0.3 is 23.8 Å². The van der Waals surface area contributed by atoms with Gasteiger partial charge in [0.1, 0.15) is 18.0 Å². The van der Waals surface area contributed by atoms with E-state index < -0.39 is 47.9 Å². The van der Waals surface area contributed by atoms with Gasteiger partial charge in [0, 0.05) is 23.3 Å². The highest BCUT2D eigenvalue weighted by Gasteiger charge is 2.54. The molecule has 1 aromatic rings. The molecule has 1 aliphatic heterocycles. The van der Waals surface area contributed by atoms with Gasteiger partial charge in [-0.25, -0.2) is 4.79 Å². The van der Waals surface area contributed by atoms with E-state index in [1.807, 2.05) is 0 Å². The number of rotatable bonds is 4. The van der Waals surface area contributed by atoms with Crippen molar-refractivity contribution in [3.05, 3.63) is 27.8 Å². The van der Waals surface area contributed by atoms with E-state index in [4.69, 9.17) is 14.2 Å². The van der Waals surface area contributed by atoms with Crippen molar-refractivity contribution < 1.29 is 37.4 Å². The molecule has 4 unspecified atom stereocenters. The average molecular weight is 480 g/mol. The standard InChI is InChI=1S/C17H15F2IO6/c1-17(18,19)16(23)26-13-7-10(11-6-12(13)25-15(11)22)14(21)24-9-4-2-8(20)3-5-9/h2-5,10-13H,6-7H2,1H3. The molecule has 2 bridgehead atoms. The highest BCUT2D eigenvalue weighted by molar-refractivity contribution is 14.1. The van der Waals surface area contributed by atoms with E-state index in [0.717, 1.165) is 3.57 Å². The quantitative estimate of drug-likeness (QED) is 0.375. The average Bonchev–Trinajstić information content (AvgIpc) is 2.88. The number of esters is 3. The molecule has 0 radical (unpaired) electrons. The van der Waals surface area contributed by atoms with Crippen molar-refractivity contribution in [3.8, 4) is 5.75 Å². The Bertz CT molecular complexity index is 730. The monoisotopic (exact) mass is 480 g/mol. The van der Waals surface area contributed by atoms with Gasteiger partial charge in [-0.3, -0.25) is 9.59 Å². The molecule has 0 N–H and O–H groups in total. The molecule has 3 rings (SSSR count). The third-order valence-electron chi connectivity index (χ3n) is 4.39. The number of hydrogen-bond acceptors (Lipinski definition) is 6. The molecule has 4 atom stereocenters. The van der Waals surface area contributed by atoms with Gasteiger partial charge in [0.2, 0.25) is 0 Å². The molecule has 9 heteroatoms. The van der Waals surface area contributed by atoms with Crippen molar-refractivity contribution in [2.24, 2.45) is 11.8 Å². The molecule has 1 saturated heterocycles. The number of carbonyl (C=O) groups is 3. The zero-order valence-corrected chi connectivity index (χ0v) is 15.8. The maximum absolute atomic E-state index is 13.1. The number of hydrogen-bond donors (Lipinski definition) is 0. The molecule has 0 amide bonds. The Hall–Kier alpha value is -1.78. The van der Waals surface area contributed by atoms with Crippen molar-refractivity contribution in [2.45, 2.75) is 37.9 Å². The number of halogens is 3. The summed E-state index contributed by atoms with van der Waals surface area (Å²) >= 11 is 2.10. The zero-order chi connectivity index (χ0) is 19.1. The molecular formula is C17H15F2IO6. The van der Waals surface area contributed by atoms with Gasteiger partial charge in [-0.2, -0.15) is 8.78 Å². The fourth-order valence-electron chi connectivity index (χ4n) is 3.07. The highest BCUT2D eigenvalue weighted by Crippen LogP contribution is 2.41. The summed E-state index contributed by atoms with van der Waals surface area (Å²) in [5, 5.41) is 0. The Morgan fingerprint density at radius 1 is 1.23 bits per heavy atom. The summed E-state index contributed by atoms with van der Waals surface area (Å²) in [5.74, 6) is -8.03. The Balaban J connectivity index is 1.73. The summed E-state index contributed by atoms with van der Waals surface area (Å²) in [7, 11) is 0. The van der Waals surface area contributed by atoms with Crippen LogP contribution in [0.2, 0.25) is 0 Å². The maximum atomic E-state index is 13.1. The molecule has 0 spiro atoms. The second-order valence-corrected chi connectivity index (χ2v) is 7.61. The van der Waals surface area contributed by atoms with Gasteiger partial charge in [0.15, 0.2) is 0 Å². The fraction of sp³-hybridized carbons (Fsp3) is 0.471. The molecular weight excluding hydrogens is 465 g/mol. The van der Waals surface area contributed by atoms with Gasteiger partial charge in [-0.15, -0.1) is 0 Å². The van der Waals surface area contributed by atoms with Crippen molar-refractivity contribution in [2.75, 3.05) is 0 Å². The molecule has 26 heavy (non-hydrogen) atoms. The minimum absolute atomic E-state index is 0.105. The van der Waals surface area contributed by atoms with Gasteiger partial charge in [-0.1, -0.05) is 0 Å². The molecule has 140 valence electrons. The van der Waals surface area contributed by atoms with E-state index in [-0.39, 0.29) is 12.8 Å². The predicted octanol–water partition coefficient (Wildman–Crippen LogP) is 2.72. The lowest BCUT2D eigenvalue weighted by molar-refractivity contribution is -0.184. The van der Waals surface area contributed by atoms with Gasteiger partial charge in [-0.05, 0) is 46.9 Å². The molecule has 1 aliphatic carbocycles. The maximum Gasteiger partial charge on any atom is 0.377 e. The molecule has 2 aliphatic rings. The first-order chi connectivity index (χ1) is 12.1. The van der Waals surface area contributed by atoms with Crippen molar-refractivity contribution in [1.29, 1.82) is 0 Å². The molecule has 1 aromatic carbocycles. The number of ether oxygens (including phenoxy) is 3. The Labute approximate surface area is 161 Å². The molecule has 1 saturated carbocycles. The summed E-state index contributed by atoms with van der Waals surface area (Å²) in [5.41, 5.74) is 0. The van der Waals surface area contributed by atoms with Crippen molar-refractivity contribution in [3.63, 3.8) is 0 Å². The van der Waals surface area contributed by atoms with Crippen LogP contribution in [0.3, 0.4) is 0 Å². The van der Waals surface area contributed by atoms with Crippen LogP contribution in [0.5, 0.6) is 5.75 Å². The summed E-state index contributed by atoms with van der Waals surface area (Å²) in [6.07, 6.45) is -1.91. The topological polar surface area (TPSA) is 78.9 Å². The van der Waals surface area contributed by atoms with Crippen LogP contribution in [0.15, 0.2) is 24.3 Å². The summed E-state index contributed by atoms with van der Waals surface area (Å²) in [6, 6.07) is 6.70. The van der Waals surface area contributed by atoms with Crippen LogP contribution in [0.4, 0.5) is 8.78 Å². The predicted molar refractivity (Wildman–Crippen MR) is 91.4 cm³/mol. The first kappa shape index (κ1) is 19.0. The lowest BCUT2D eigenvalue weighted by Gasteiger charge is -2.30. The molecule has 6 nitrogen and oxygen atoms in total. The second-order valence-electron chi connectivity index (χ2n) is 6.37. The number of carbonyl (C=O) groups excluding carboxylic acids is 3. The Morgan fingerprint density at radius 2 is 1.88 bits per heavy atom. The van der Waals surface area contributed by atoms with E-state index >= 15 is 0 Å². The fourth-order valence-corrected chi connectivity index (χ4v) is 3.43. The molecule has 0 aromatic heterocycles. The summed E-state index contributed by atoms with van der Waals surface area (Å²) in [6.45, 7) is 0.421. The highest BCUT2D eigenvalue weighted by atomic mass is 127. The first-order valence-electron chi connectivity index (χ1n) is 7.92. The lowest BCUT2D eigenvalue weighted by Crippen LogP contribution is -2.43. The van der Waals surface area contributed by atoms with Crippen LogP contribution in [0.1, 0.15) is 19.8 Å². The van der Waals surface area contributed by atoms with Gasteiger partial charge in [0.05, 0.1) is 11.8 Å². The minimum Gasteiger partial charge on any atom is -0.458 e. The molecule has 2 fully saturated rings. The lowest BCUT2D eigenvalue weighted by atomic mass is 9.78. The van der Waals surface area contributed by atoms with Gasteiger partial charge in [0.25, 0.3) is 0 Å². The van der Waals surface area contributed by atoms with E-state index in [1.165, 1.54) is 0 Å². The second kappa shape index (κ2) is 7.09. The summed E-state index contributed by atoms with van der Waals surface area (Å²) < 4.78 is 42.3. The van der Waals surface area contributed by atoms with E-state index in [9.17, 15) is 23.2 Å². The summed E-state index contributed by atoms with van der Waals surface area (Å²) in [4.78, 5) is 35.9. The largest absolute Gasteiger partial charge is 0.458 e. The van der Waals surface area contributed by atoms with Crippen LogP contribution >= 0.6 is 22.6 Å². The van der Waals surface area contributed by atoms with Crippen LogP contribution in [0.25, 0.3) is 0 Å². The van der Waals surface area contributed by atoms with Crippen LogP contribution in [-0.4, -0.2) is 36.0 Å². The SMILES string of the molecule is CC(F)(F)C(=O)OC1CC(C(=O)Oc2ccc(I)cc2)C2CC1OC2=O. The van der Waals surface area contributed by atoms with E-state index in [0.29, 0.717) is 12.7 Å². The number of alkyl halides is 2.